The Morgan fingerprint density at radius 1 is 1.03 bits per heavy atom. The van der Waals surface area contributed by atoms with Crippen molar-refractivity contribution in [3.8, 4) is 11.5 Å². The quantitative estimate of drug-likeness (QED) is 0.300. The van der Waals surface area contributed by atoms with Crippen LogP contribution in [0.25, 0.3) is 11.0 Å². The van der Waals surface area contributed by atoms with Crippen molar-refractivity contribution in [1.29, 1.82) is 0 Å². The molecule has 34 heavy (non-hydrogen) atoms. The van der Waals surface area contributed by atoms with Gasteiger partial charge in [-0.2, -0.15) is 0 Å². The third kappa shape index (κ3) is 4.47. The van der Waals surface area contributed by atoms with Crippen LogP contribution >= 0.6 is 0 Å². The molecule has 2 heterocycles. The molecular formula is C27H33N3O4. The maximum atomic E-state index is 13.5. The molecule has 0 fully saturated rings. The van der Waals surface area contributed by atoms with Crippen LogP contribution in [0, 0.1) is 0 Å². The van der Waals surface area contributed by atoms with Crippen LogP contribution in [0.15, 0.2) is 53.7 Å². The Balaban J connectivity index is 1.77. The highest BCUT2D eigenvalue weighted by Gasteiger charge is 2.37. The standard InChI is InChI=1S/C27H33N3O4/c1-5-6-7-8-11-17-34-26(31)23-18(2)28-27-29-20-14-9-10-15-21(20)30(27)24(23)19-13-12-16-22(32-3)25(19)33-4/h9-10,12-16,24H,5-8,11,17H2,1-4H3,(H,28,29)/t24-/m0/s1. The molecule has 7 heteroatoms. The average Bonchev–Trinajstić information content (AvgIpc) is 3.22. The topological polar surface area (TPSA) is 74.6 Å². The minimum absolute atomic E-state index is 0.334. The molecule has 4 rings (SSSR count). The summed E-state index contributed by atoms with van der Waals surface area (Å²) in [5.74, 6) is 1.52. The molecule has 2 aromatic carbocycles. The van der Waals surface area contributed by atoms with Gasteiger partial charge < -0.3 is 19.5 Å². The van der Waals surface area contributed by atoms with E-state index < -0.39 is 6.04 Å². The van der Waals surface area contributed by atoms with Gasteiger partial charge in [0.25, 0.3) is 0 Å². The van der Waals surface area contributed by atoms with Gasteiger partial charge in [0.05, 0.1) is 43.5 Å². The maximum absolute atomic E-state index is 13.5. The zero-order chi connectivity index (χ0) is 24.1. The van der Waals surface area contributed by atoms with E-state index >= 15 is 0 Å². The van der Waals surface area contributed by atoms with E-state index in [1.807, 2.05) is 54.0 Å². The number of hydrogen-bond donors (Lipinski definition) is 1. The summed E-state index contributed by atoms with van der Waals surface area (Å²) in [7, 11) is 3.22. The Kier molecular flexibility index (Phi) is 7.40. The van der Waals surface area contributed by atoms with Crippen LogP contribution in [0.2, 0.25) is 0 Å². The number of aromatic nitrogens is 2. The summed E-state index contributed by atoms with van der Waals surface area (Å²) in [6.07, 6.45) is 5.46. The number of fused-ring (bicyclic) bond motifs is 3. The van der Waals surface area contributed by atoms with Crippen LogP contribution in [0.5, 0.6) is 11.5 Å². The number of nitrogens with zero attached hydrogens (tertiary/aromatic N) is 2. The third-order valence-corrected chi connectivity index (χ3v) is 6.26. The molecule has 1 N–H and O–H groups in total. The molecule has 180 valence electrons. The van der Waals surface area contributed by atoms with Gasteiger partial charge in [0.15, 0.2) is 11.5 Å². The smallest absolute Gasteiger partial charge is 0.338 e. The summed E-state index contributed by atoms with van der Waals surface area (Å²) in [6, 6.07) is 13.1. The molecule has 0 saturated carbocycles. The highest BCUT2D eigenvalue weighted by Crippen LogP contribution is 2.45. The van der Waals surface area contributed by atoms with Crippen molar-refractivity contribution in [1.82, 2.24) is 9.55 Å². The number of benzene rings is 2. The van der Waals surface area contributed by atoms with E-state index in [0.29, 0.717) is 35.3 Å². The molecule has 0 amide bonds. The lowest BCUT2D eigenvalue weighted by atomic mass is 9.94. The molecule has 0 spiro atoms. The molecular weight excluding hydrogens is 430 g/mol. The highest BCUT2D eigenvalue weighted by molar-refractivity contribution is 5.94. The summed E-state index contributed by atoms with van der Waals surface area (Å²) in [5.41, 5.74) is 3.82. The number of allylic oxidation sites excluding steroid dienone is 1. The molecule has 0 unspecified atom stereocenters. The summed E-state index contributed by atoms with van der Waals surface area (Å²) in [5, 5.41) is 3.32. The van der Waals surface area contributed by atoms with Gasteiger partial charge in [-0.3, -0.25) is 4.57 Å². The number of carbonyl (C=O) groups is 1. The molecule has 7 nitrogen and oxygen atoms in total. The first-order valence-electron chi connectivity index (χ1n) is 11.9. The molecule has 1 aromatic heterocycles. The van der Waals surface area contributed by atoms with E-state index in [1.54, 1.807) is 14.2 Å². The second-order valence-corrected chi connectivity index (χ2v) is 8.49. The second-order valence-electron chi connectivity index (χ2n) is 8.49. The Hall–Kier alpha value is -3.48. The zero-order valence-electron chi connectivity index (χ0n) is 20.4. The van der Waals surface area contributed by atoms with E-state index in [-0.39, 0.29) is 5.97 Å². The number of esters is 1. The van der Waals surface area contributed by atoms with Gasteiger partial charge in [0.1, 0.15) is 0 Å². The fourth-order valence-electron chi connectivity index (χ4n) is 4.60. The van der Waals surface area contributed by atoms with Gasteiger partial charge in [0.2, 0.25) is 5.95 Å². The zero-order valence-corrected chi connectivity index (χ0v) is 20.4. The lowest BCUT2D eigenvalue weighted by Crippen LogP contribution is -2.29. The summed E-state index contributed by atoms with van der Waals surface area (Å²) < 4.78 is 19.1. The van der Waals surface area contributed by atoms with E-state index in [2.05, 4.69) is 12.2 Å². The molecule has 1 atom stereocenters. The Morgan fingerprint density at radius 3 is 2.59 bits per heavy atom. The average molecular weight is 464 g/mol. The number of methoxy groups -OCH3 is 2. The number of unbranched alkanes of at least 4 members (excludes halogenated alkanes) is 4. The van der Waals surface area contributed by atoms with Crippen LogP contribution in [0.4, 0.5) is 5.95 Å². The largest absolute Gasteiger partial charge is 0.493 e. The lowest BCUT2D eigenvalue weighted by molar-refractivity contribution is -0.139. The Labute approximate surface area is 200 Å². The van der Waals surface area contributed by atoms with Gasteiger partial charge in [-0.1, -0.05) is 56.9 Å². The molecule has 3 aromatic rings. The van der Waals surface area contributed by atoms with Gasteiger partial charge in [-0.15, -0.1) is 0 Å². The van der Waals surface area contributed by atoms with Crippen molar-refractivity contribution >= 4 is 23.0 Å². The van der Waals surface area contributed by atoms with Crippen LogP contribution in [-0.4, -0.2) is 36.3 Å². The minimum atomic E-state index is -0.485. The number of carbonyl (C=O) groups excluding carboxylic acids is 1. The Morgan fingerprint density at radius 2 is 1.82 bits per heavy atom. The fourth-order valence-corrected chi connectivity index (χ4v) is 4.60. The van der Waals surface area contributed by atoms with Crippen molar-refractivity contribution in [2.45, 2.75) is 52.0 Å². The van der Waals surface area contributed by atoms with Gasteiger partial charge in [-0.25, -0.2) is 9.78 Å². The predicted octanol–water partition coefficient (Wildman–Crippen LogP) is 5.86. The number of rotatable bonds is 10. The van der Waals surface area contributed by atoms with Crippen molar-refractivity contribution in [3.05, 3.63) is 59.3 Å². The predicted molar refractivity (Wildman–Crippen MR) is 133 cm³/mol. The van der Waals surface area contributed by atoms with Crippen molar-refractivity contribution in [2.24, 2.45) is 0 Å². The second kappa shape index (κ2) is 10.6. The first-order chi connectivity index (χ1) is 16.6. The van der Waals surface area contributed by atoms with Crippen LogP contribution in [0.1, 0.15) is 57.6 Å². The van der Waals surface area contributed by atoms with Crippen molar-refractivity contribution in [2.75, 3.05) is 26.1 Å². The minimum Gasteiger partial charge on any atom is -0.493 e. The van der Waals surface area contributed by atoms with E-state index in [0.717, 1.165) is 35.9 Å². The molecule has 0 aliphatic carbocycles. The van der Waals surface area contributed by atoms with Gasteiger partial charge in [-0.05, 0) is 31.5 Å². The normalized spacial score (nSPS) is 15.1. The molecule has 0 saturated heterocycles. The number of ether oxygens (including phenoxy) is 3. The molecule has 1 aliphatic rings. The fraction of sp³-hybridized carbons (Fsp3) is 0.407. The van der Waals surface area contributed by atoms with Gasteiger partial charge >= 0.3 is 5.97 Å². The molecule has 0 radical (unpaired) electrons. The number of anilines is 1. The van der Waals surface area contributed by atoms with Crippen LogP contribution in [0.3, 0.4) is 0 Å². The van der Waals surface area contributed by atoms with Gasteiger partial charge in [0, 0.05) is 11.3 Å². The van der Waals surface area contributed by atoms with Crippen LogP contribution in [-0.2, 0) is 9.53 Å². The van der Waals surface area contributed by atoms with E-state index in [4.69, 9.17) is 19.2 Å². The van der Waals surface area contributed by atoms with E-state index in [1.165, 1.54) is 12.8 Å². The number of imidazole rings is 1. The summed E-state index contributed by atoms with van der Waals surface area (Å²) in [6.45, 7) is 4.48. The molecule has 0 bridgehead atoms. The first kappa shape index (κ1) is 23.7. The maximum Gasteiger partial charge on any atom is 0.338 e. The SMILES string of the molecule is CCCCCCCOC(=O)C1=C(C)Nc2nc3ccccc3n2[C@H]1c1cccc(OC)c1OC. The number of hydrogen-bond acceptors (Lipinski definition) is 6. The van der Waals surface area contributed by atoms with Crippen molar-refractivity contribution < 1.29 is 19.0 Å². The third-order valence-electron chi connectivity index (χ3n) is 6.26. The number of nitrogens with one attached hydrogen (secondary N) is 1. The highest BCUT2D eigenvalue weighted by atomic mass is 16.5. The first-order valence-corrected chi connectivity index (χ1v) is 11.9. The summed E-state index contributed by atoms with van der Waals surface area (Å²) >= 11 is 0. The monoisotopic (exact) mass is 463 g/mol. The number of para-hydroxylation sites is 3. The molecule has 1 aliphatic heterocycles. The van der Waals surface area contributed by atoms with E-state index in [9.17, 15) is 4.79 Å². The summed E-state index contributed by atoms with van der Waals surface area (Å²) in [4.78, 5) is 18.2. The van der Waals surface area contributed by atoms with Crippen LogP contribution < -0.4 is 14.8 Å². The van der Waals surface area contributed by atoms with Crippen molar-refractivity contribution in [3.63, 3.8) is 0 Å². The Bertz CT molecular complexity index is 1200. The lowest BCUT2D eigenvalue weighted by Gasteiger charge is -2.31.